The molecular weight excluding hydrogens is 140 g/mol. The van der Waals surface area contributed by atoms with Crippen LogP contribution >= 0.6 is 0 Å². The molecule has 0 aromatic rings. The van der Waals surface area contributed by atoms with Gasteiger partial charge in [0.25, 0.3) is 0 Å². The average Bonchev–Trinajstić information content (AvgIpc) is 1.99. The lowest BCUT2D eigenvalue weighted by molar-refractivity contribution is 0.102. The van der Waals surface area contributed by atoms with Gasteiger partial charge in [-0.1, -0.05) is 19.9 Å². The monoisotopic (exact) mass is 158 g/mol. The summed E-state index contributed by atoms with van der Waals surface area (Å²) in [6.07, 6.45) is 2.09. The summed E-state index contributed by atoms with van der Waals surface area (Å²) in [5, 5.41) is 8.74. The summed E-state index contributed by atoms with van der Waals surface area (Å²) in [5.74, 6) is 0.460. The summed E-state index contributed by atoms with van der Waals surface area (Å²) in [6, 6.07) is 0. The number of hydrogen-bond donors (Lipinski definition) is 1. The summed E-state index contributed by atoms with van der Waals surface area (Å²) < 4.78 is 5.20. The Morgan fingerprint density at radius 3 is 2.36 bits per heavy atom. The molecule has 1 atom stereocenters. The normalized spacial score (nSPS) is 15.6. The molecule has 2 heteroatoms. The Labute approximate surface area is 68.9 Å². The average molecular weight is 158 g/mol. The van der Waals surface area contributed by atoms with Crippen molar-refractivity contribution in [3.05, 3.63) is 11.6 Å². The van der Waals surface area contributed by atoms with Crippen LogP contribution in [0.1, 0.15) is 20.8 Å². The highest BCUT2D eigenvalue weighted by Gasteiger charge is 2.08. The third-order valence-corrected chi connectivity index (χ3v) is 1.63. The molecule has 0 bridgehead atoms. The van der Waals surface area contributed by atoms with Crippen molar-refractivity contribution >= 4 is 0 Å². The quantitative estimate of drug-likeness (QED) is 0.630. The molecule has 0 aromatic heterocycles. The van der Waals surface area contributed by atoms with E-state index in [1.54, 1.807) is 7.11 Å². The lowest BCUT2D eigenvalue weighted by atomic mass is 10.1. The summed E-state index contributed by atoms with van der Waals surface area (Å²) in [4.78, 5) is 0. The zero-order chi connectivity index (χ0) is 8.85. The molecule has 0 aliphatic carbocycles. The molecule has 1 N–H and O–H groups in total. The molecule has 0 fully saturated rings. The van der Waals surface area contributed by atoms with Crippen molar-refractivity contribution in [2.24, 2.45) is 5.92 Å². The van der Waals surface area contributed by atoms with Crippen LogP contribution in [0.4, 0.5) is 0 Å². The Balaban J connectivity index is 4.06. The van der Waals surface area contributed by atoms with Crippen molar-refractivity contribution in [2.45, 2.75) is 26.9 Å². The van der Waals surface area contributed by atoms with Gasteiger partial charge in [-0.25, -0.2) is 0 Å². The van der Waals surface area contributed by atoms with E-state index in [1.807, 2.05) is 13.0 Å². The van der Waals surface area contributed by atoms with Crippen molar-refractivity contribution < 1.29 is 9.84 Å². The van der Waals surface area contributed by atoms with E-state index in [0.29, 0.717) is 5.92 Å². The highest BCUT2D eigenvalue weighted by Crippen LogP contribution is 2.08. The van der Waals surface area contributed by atoms with Crippen LogP contribution in [0.15, 0.2) is 11.6 Å². The van der Waals surface area contributed by atoms with E-state index in [4.69, 9.17) is 9.84 Å². The molecule has 0 aliphatic heterocycles. The van der Waals surface area contributed by atoms with Crippen LogP contribution in [0.2, 0.25) is 0 Å². The predicted molar refractivity (Wildman–Crippen MR) is 46.5 cm³/mol. The van der Waals surface area contributed by atoms with Crippen molar-refractivity contribution in [2.75, 3.05) is 13.7 Å². The standard InChI is InChI=1S/C9H18O2/c1-7(2)9(11-4)5-8(3)6-10/h5,7,9-10H,6H2,1-4H3/b8-5-. The Bertz CT molecular complexity index is 128. The Morgan fingerprint density at radius 1 is 1.55 bits per heavy atom. The van der Waals surface area contributed by atoms with E-state index < -0.39 is 0 Å². The highest BCUT2D eigenvalue weighted by molar-refractivity contribution is 5.02. The van der Waals surface area contributed by atoms with Gasteiger partial charge in [-0.05, 0) is 18.4 Å². The number of aliphatic hydroxyl groups is 1. The SMILES string of the molecule is COC(/C=C(/C)CO)C(C)C. The van der Waals surface area contributed by atoms with E-state index in [0.717, 1.165) is 5.57 Å². The van der Waals surface area contributed by atoms with Gasteiger partial charge in [0.2, 0.25) is 0 Å². The van der Waals surface area contributed by atoms with Gasteiger partial charge in [0.1, 0.15) is 0 Å². The summed E-state index contributed by atoms with van der Waals surface area (Å²) in [7, 11) is 1.69. The van der Waals surface area contributed by atoms with Gasteiger partial charge < -0.3 is 9.84 Å². The zero-order valence-electron chi connectivity index (χ0n) is 7.79. The van der Waals surface area contributed by atoms with Crippen LogP contribution in [0.5, 0.6) is 0 Å². The first kappa shape index (κ1) is 10.7. The lowest BCUT2D eigenvalue weighted by Crippen LogP contribution is -2.15. The first-order valence-corrected chi connectivity index (χ1v) is 3.92. The van der Waals surface area contributed by atoms with Crippen molar-refractivity contribution in [1.82, 2.24) is 0 Å². The largest absolute Gasteiger partial charge is 0.392 e. The van der Waals surface area contributed by atoms with Crippen LogP contribution in [-0.2, 0) is 4.74 Å². The van der Waals surface area contributed by atoms with E-state index >= 15 is 0 Å². The van der Waals surface area contributed by atoms with Gasteiger partial charge in [0.15, 0.2) is 0 Å². The van der Waals surface area contributed by atoms with Crippen LogP contribution in [0.3, 0.4) is 0 Å². The summed E-state index contributed by atoms with van der Waals surface area (Å²) in [5.41, 5.74) is 0.963. The molecule has 1 unspecified atom stereocenters. The second-order valence-electron chi connectivity index (χ2n) is 3.12. The number of ether oxygens (including phenoxy) is 1. The molecule has 0 amide bonds. The van der Waals surface area contributed by atoms with Crippen LogP contribution in [0, 0.1) is 5.92 Å². The molecule has 0 spiro atoms. The molecule has 0 rings (SSSR count). The number of methoxy groups -OCH3 is 1. The van der Waals surface area contributed by atoms with E-state index in [2.05, 4.69) is 13.8 Å². The minimum absolute atomic E-state index is 0.118. The first-order chi connectivity index (χ1) is 5.11. The molecule has 0 aromatic carbocycles. The van der Waals surface area contributed by atoms with Crippen LogP contribution < -0.4 is 0 Å². The number of hydrogen-bond acceptors (Lipinski definition) is 2. The van der Waals surface area contributed by atoms with E-state index in [-0.39, 0.29) is 12.7 Å². The fraction of sp³-hybridized carbons (Fsp3) is 0.778. The van der Waals surface area contributed by atoms with E-state index in [1.165, 1.54) is 0 Å². The van der Waals surface area contributed by atoms with Gasteiger partial charge in [0, 0.05) is 7.11 Å². The van der Waals surface area contributed by atoms with Gasteiger partial charge in [-0.3, -0.25) is 0 Å². The third kappa shape index (κ3) is 4.17. The fourth-order valence-corrected chi connectivity index (χ4v) is 0.866. The minimum atomic E-state index is 0.118. The van der Waals surface area contributed by atoms with Crippen molar-refractivity contribution in [1.29, 1.82) is 0 Å². The van der Waals surface area contributed by atoms with Crippen molar-refractivity contribution in [3.63, 3.8) is 0 Å². The molecule has 11 heavy (non-hydrogen) atoms. The maximum absolute atomic E-state index is 8.74. The van der Waals surface area contributed by atoms with Gasteiger partial charge in [0.05, 0.1) is 12.7 Å². The minimum Gasteiger partial charge on any atom is -0.392 e. The Hall–Kier alpha value is -0.340. The summed E-state index contributed by atoms with van der Waals surface area (Å²) >= 11 is 0. The molecule has 0 saturated heterocycles. The topological polar surface area (TPSA) is 29.5 Å². The molecule has 0 heterocycles. The van der Waals surface area contributed by atoms with Gasteiger partial charge >= 0.3 is 0 Å². The molecule has 0 saturated carbocycles. The first-order valence-electron chi connectivity index (χ1n) is 3.92. The second-order valence-corrected chi connectivity index (χ2v) is 3.12. The molecular formula is C9H18O2. The Kier molecular flexibility index (Phi) is 5.16. The van der Waals surface area contributed by atoms with Crippen LogP contribution in [-0.4, -0.2) is 24.9 Å². The second kappa shape index (κ2) is 5.33. The van der Waals surface area contributed by atoms with E-state index in [9.17, 15) is 0 Å². The zero-order valence-corrected chi connectivity index (χ0v) is 7.79. The molecule has 0 radical (unpaired) electrons. The maximum Gasteiger partial charge on any atom is 0.0778 e. The number of rotatable bonds is 4. The third-order valence-electron chi connectivity index (χ3n) is 1.63. The summed E-state index contributed by atoms with van der Waals surface area (Å²) in [6.45, 7) is 6.20. The van der Waals surface area contributed by atoms with Gasteiger partial charge in [-0.2, -0.15) is 0 Å². The predicted octanol–water partition coefficient (Wildman–Crippen LogP) is 1.60. The molecule has 2 nitrogen and oxygen atoms in total. The lowest BCUT2D eigenvalue weighted by Gasteiger charge is -2.15. The highest BCUT2D eigenvalue weighted by atomic mass is 16.5. The van der Waals surface area contributed by atoms with Gasteiger partial charge in [-0.15, -0.1) is 0 Å². The Morgan fingerprint density at radius 2 is 2.09 bits per heavy atom. The molecule has 66 valence electrons. The van der Waals surface area contributed by atoms with Crippen molar-refractivity contribution in [3.8, 4) is 0 Å². The maximum atomic E-state index is 8.74. The smallest absolute Gasteiger partial charge is 0.0778 e. The number of aliphatic hydroxyl groups excluding tert-OH is 1. The molecule has 0 aliphatic rings. The fourth-order valence-electron chi connectivity index (χ4n) is 0.866. The van der Waals surface area contributed by atoms with Crippen LogP contribution in [0.25, 0.3) is 0 Å².